The first kappa shape index (κ1) is 24.2. The molecule has 1 atom stereocenters. The van der Waals surface area contributed by atoms with Gasteiger partial charge < -0.3 is 9.47 Å². The molecule has 1 fully saturated rings. The molecule has 0 radical (unpaired) electrons. The number of sulfonamides is 1. The van der Waals surface area contributed by atoms with Crippen molar-refractivity contribution in [1.29, 1.82) is 0 Å². The van der Waals surface area contributed by atoms with E-state index in [0.29, 0.717) is 41.4 Å². The number of carbonyl (C=O) groups excluding carboxylic acids is 1. The first-order valence-corrected chi connectivity index (χ1v) is 13.5. The van der Waals surface area contributed by atoms with Crippen LogP contribution in [0, 0.1) is 0 Å². The summed E-state index contributed by atoms with van der Waals surface area (Å²) in [5.41, 5.74) is 3.03. The fourth-order valence-electron chi connectivity index (χ4n) is 4.81. The Bertz CT molecular complexity index is 1280. The van der Waals surface area contributed by atoms with E-state index in [0.717, 1.165) is 30.9 Å². The highest BCUT2D eigenvalue weighted by atomic mass is 32.2. The Morgan fingerprint density at radius 2 is 1.85 bits per heavy atom. The zero-order chi connectivity index (χ0) is 24.5. The van der Waals surface area contributed by atoms with Crippen molar-refractivity contribution in [2.75, 3.05) is 36.7 Å². The third kappa shape index (κ3) is 4.67. The quantitative estimate of drug-likeness (QED) is 0.529. The van der Waals surface area contributed by atoms with Crippen LogP contribution in [0.4, 0.5) is 5.69 Å². The van der Waals surface area contributed by atoms with Gasteiger partial charge in [-0.05, 0) is 38.6 Å². The van der Waals surface area contributed by atoms with Crippen molar-refractivity contribution < 1.29 is 13.2 Å². The number of nitrogens with one attached hydrogen (secondary N) is 1. The van der Waals surface area contributed by atoms with Crippen LogP contribution in [0.1, 0.15) is 37.6 Å². The molecule has 1 amide bonds. The van der Waals surface area contributed by atoms with E-state index in [9.17, 15) is 13.2 Å². The maximum atomic E-state index is 13.8. The molecular weight excluding hydrogens is 450 g/mol. The number of hydrogen-bond donors (Lipinski definition) is 1. The number of carbonyl (C=O) groups is 1. The molecule has 3 aromatic rings. The predicted molar refractivity (Wildman–Crippen MR) is 136 cm³/mol. The molecule has 0 unspecified atom stereocenters. The van der Waals surface area contributed by atoms with Crippen LogP contribution in [0.25, 0.3) is 22.4 Å². The molecule has 182 valence electrons. The van der Waals surface area contributed by atoms with E-state index >= 15 is 0 Å². The Kier molecular flexibility index (Phi) is 6.95. The molecule has 1 aliphatic heterocycles. The van der Waals surface area contributed by atoms with Gasteiger partial charge in [-0.1, -0.05) is 44.2 Å². The van der Waals surface area contributed by atoms with Crippen molar-refractivity contribution >= 4 is 32.7 Å². The molecule has 1 aromatic heterocycles. The van der Waals surface area contributed by atoms with Crippen LogP contribution >= 0.6 is 0 Å². The molecule has 2 heterocycles. The van der Waals surface area contributed by atoms with Crippen LogP contribution in [0.3, 0.4) is 0 Å². The molecule has 0 spiro atoms. The Morgan fingerprint density at radius 3 is 2.50 bits per heavy atom. The summed E-state index contributed by atoms with van der Waals surface area (Å²) in [5, 5.41) is 0. The zero-order valence-electron chi connectivity index (χ0n) is 20.3. The molecule has 0 aliphatic carbocycles. The van der Waals surface area contributed by atoms with Crippen LogP contribution in [0.5, 0.6) is 0 Å². The fraction of sp³-hybridized carbons (Fsp3) is 0.440. The van der Waals surface area contributed by atoms with E-state index in [-0.39, 0.29) is 11.7 Å². The normalized spacial score (nSPS) is 16.5. The van der Waals surface area contributed by atoms with Crippen molar-refractivity contribution in [3.05, 3.63) is 48.0 Å². The standard InChI is InChI=1S/C25H33N5O3S/c1-5-29(6-2)20-13-14-30(17-20)25(31)21-15-19(27-34(32,33)7-3)16-22-23(21)28(4)24(26-22)18-11-9-8-10-12-18/h8-12,15-16,20,27H,5-7,13-14,17H2,1-4H3/t20-/m1/s1. The zero-order valence-corrected chi connectivity index (χ0v) is 21.1. The Hall–Kier alpha value is -2.91. The van der Waals surface area contributed by atoms with E-state index in [4.69, 9.17) is 4.98 Å². The lowest BCUT2D eigenvalue weighted by molar-refractivity contribution is 0.0779. The number of aromatic nitrogens is 2. The maximum absolute atomic E-state index is 13.8. The average Bonchev–Trinajstić information content (AvgIpc) is 3.45. The number of fused-ring (bicyclic) bond motifs is 1. The first-order chi connectivity index (χ1) is 16.3. The van der Waals surface area contributed by atoms with E-state index < -0.39 is 10.0 Å². The third-order valence-electron chi connectivity index (χ3n) is 6.66. The topological polar surface area (TPSA) is 87.5 Å². The number of benzene rings is 2. The molecule has 4 rings (SSSR count). The number of aryl methyl sites for hydroxylation is 1. The molecule has 34 heavy (non-hydrogen) atoms. The van der Waals surface area contributed by atoms with Gasteiger partial charge in [0.2, 0.25) is 10.0 Å². The predicted octanol–water partition coefficient (Wildman–Crippen LogP) is 3.56. The van der Waals surface area contributed by atoms with Gasteiger partial charge in [0.1, 0.15) is 5.82 Å². The summed E-state index contributed by atoms with van der Waals surface area (Å²) in [6.07, 6.45) is 0.930. The van der Waals surface area contributed by atoms with Gasteiger partial charge in [-0.25, -0.2) is 13.4 Å². The summed E-state index contributed by atoms with van der Waals surface area (Å²) in [5.74, 6) is 0.575. The van der Waals surface area contributed by atoms with Crippen LogP contribution < -0.4 is 4.72 Å². The Balaban J connectivity index is 1.80. The van der Waals surface area contributed by atoms with Gasteiger partial charge in [-0.3, -0.25) is 14.4 Å². The van der Waals surface area contributed by atoms with E-state index in [1.54, 1.807) is 19.1 Å². The van der Waals surface area contributed by atoms with Gasteiger partial charge in [0.05, 0.1) is 28.0 Å². The van der Waals surface area contributed by atoms with Crippen LogP contribution in [-0.2, 0) is 17.1 Å². The second-order valence-electron chi connectivity index (χ2n) is 8.67. The van der Waals surface area contributed by atoms with E-state index in [2.05, 4.69) is 23.5 Å². The minimum absolute atomic E-state index is 0.0521. The highest BCUT2D eigenvalue weighted by Crippen LogP contribution is 2.31. The van der Waals surface area contributed by atoms with Gasteiger partial charge in [0.25, 0.3) is 5.91 Å². The van der Waals surface area contributed by atoms with Gasteiger partial charge in [-0.15, -0.1) is 0 Å². The number of nitrogens with zero attached hydrogens (tertiary/aromatic N) is 4. The minimum atomic E-state index is -3.50. The van der Waals surface area contributed by atoms with Crippen molar-refractivity contribution in [1.82, 2.24) is 19.4 Å². The van der Waals surface area contributed by atoms with Crippen LogP contribution in [0.15, 0.2) is 42.5 Å². The van der Waals surface area contributed by atoms with Crippen molar-refractivity contribution in [3.63, 3.8) is 0 Å². The second-order valence-corrected chi connectivity index (χ2v) is 10.7. The highest BCUT2D eigenvalue weighted by Gasteiger charge is 2.31. The molecule has 2 aromatic carbocycles. The number of amides is 1. The Morgan fingerprint density at radius 1 is 1.15 bits per heavy atom. The first-order valence-electron chi connectivity index (χ1n) is 11.9. The van der Waals surface area contributed by atoms with Gasteiger partial charge in [0, 0.05) is 31.7 Å². The summed E-state index contributed by atoms with van der Waals surface area (Å²) in [4.78, 5) is 22.8. The lowest BCUT2D eigenvalue weighted by Crippen LogP contribution is -2.38. The van der Waals surface area contributed by atoms with Crippen LogP contribution in [-0.4, -0.2) is 71.6 Å². The molecule has 0 saturated carbocycles. The lowest BCUT2D eigenvalue weighted by atomic mass is 10.1. The smallest absolute Gasteiger partial charge is 0.256 e. The number of likely N-dealkylation sites (tertiary alicyclic amines) is 1. The molecule has 1 N–H and O–H groups in total. The van der Waals surface area contributed by atoms with Gasteiger partial charge in [0.15, 0.2) is 0 Å². The SMILES string of the molecule is CCN(CC)[C@@H]1CCN(C(=O)c2cc(NS(=O)(=O)CC)cc3nc(-c4ccccc4)n(C)c23)C1. The number of likely N-dealkylation sites (N-methyl/N-ethyl adjacent to an activating group) is 1. The fourth-order valence-corrected chi connectivity index (χ4v) is 5.43. The highest BCUT2D eigenvalue weighted by molar-refractivity contribution is 7.92. The number of rotatable bonds is 8. The summed E-state index contributed by atoms with van der Waals surface area (Å²) in [6, 6.07) is 13.5. The lowest BCUT2D eigenvalue weighted by Gasteiger charge is -2.26. The van der Waals surface area contributed by atoms with E-state index in [1.807, 2.05) is 46.8 Å². The minimum Gasteiger partial charge on any atom is -0.337 e. The van der Waals surface area contributed by atoms with Crippen molar-refractivity contribution in [3.8, 4) is 11.4 Å². The molecule has 0 bridgehead atoms. The number of anilines is 1. The second kappa shape index (κ2) is 9.76. The molecular formula is C25H33N5O3S. The number of hydrogen-bond acceptors (Lipinski definition) is 5. The number of imidazole rings is 1. The summed E-state index contributed by atoms with van der Waals surface area (Å²) >= 11 is 0. The monoisotopic (exact) mass is 483 g/mol. The average molecular weight is 484 g/mol. The summed E-state index contributed by atoms with van der Waals surface area (Å²) in [6.45, 7) is 9.10. The van der Waals surface area contributed by atoms with Crippen molar-refractivity contribution in [2.45, 2.75) is 33.2 Å². The largest absolute Gasteiger partial charge is 0.337 e. The summed E-state index contributed by atoms with van der Waals surface area (Å²) < 4.78 is 29.1. The summed E-state index contributed by atoms with van der Waals surface area (Å²) in [7, 11) is -1.61. The molecule has 1 aliphatic rings. The molecule has 9 heteroatoms. The third-order valence-corrected chi connectivity index (χ3v) is 7.97. The Labute approximate surface area is 201 Å². The van der Waals surface area contributed by atoms with Crippen molar-refractivity contribution in [2.24, 2.45) is 7.05 Å². The van der Waals surface area contributed by atoms with Crippen LogP contribution in [0.2, 0.25) is 0 Å². The maximum Gasteiger partial charge on any atom is 0.256 e. The van der Waals surface area contributed by atoms with Gasteiger partial charge >= 0.3 is 0 Å². The van der Waals surface area contributed by atoms with Gasteiger partial charge in [-0.2, -0.15) is 0 Å². The molecule has 1 saturated heterocycles. The molecule has 8 nitrogen and oxygen atoms in total. The van der Waals surface area contributed by atoms with E-state index in [1.165, 1.54) is 0 Å².